The largest absolute Gasteiger partial charge is 0.493 e. The fourth-order valence-corrected chi connectivity index (χ4v) is 2.65. The lowest BCUT2D eigenvalue weighted by Gasteiger charge is -2.12. The molecular formula is C22H21N3O3. The van der Waals surface area contributed by atoms with Gasteiger partial charge in [-0.25, -0.2) is 4.98 Å². The number of carbonyl (C=O) groups is 1. The molecule has 0 spiro atoms. The van der Waals surface area contributed by atoms with Crippen LogP contribution < -0.4 is 14.8 Å². The van der Waals surface area contributed by atoms with Gasteiger partial charge in [0.2, 0.25) is 0 Å². The first kappa shape index (κ1) is 19.1. The normalized spacial score (nSPS) is 10.6. The van der Waals surface area contributed by atoms with Crippen molar-refractivity contribution in [3.05, 3.63) is 72.6 Å². The van der Waals surface area contributed by atoms with Gasteiger partial charge < -0.3 is 14.8 Å². The average molecular weight is 375 g/mol. The van der Waals surface area contributed by atoms with Gasteiger partial charge in [-0.2, -0.15) is 0 Å². The molecule has 1 N–H and O–H groups in total. The standard InChI is InChI=1S/C22H21N3O3/c1-3-7-16-10-11-18(19(14-16)27-2)28-15-20(26)25-22-21(23-12-13-24-22)17-8-5-4-6-9-17/h3-14H,15H2,1-2H3,(H,24,25,26). The van der Waals surface area contributed by atoms with Crippen molar-refractivity contribution in [1.82, 2.24) is 9.97 Å². The lowest BCUT2D eigenvalue weighted by molar-refractivity contribution is -0.118. The van der Waals surface area contributed by atoms with E-state index in [1.54, 1.807) is 19.4 Å². The summed E-state index contributed by atoms with van der Waals surface area (Å²) in [6.45, 7) is 1.77. The van der Waals surface area contributed by atoms with Gasteiger partial charge in [0.25, 0.3) is 5.91 Å². The van der Waals surface area contributed by atoms with Crippen LogP contribution in [0.15, 0.2) is 67.0 Å². The van der Waals surface area contributed by atoms with Crippen molar-refractivity contribution in [3.63, 3.8) is 0 Å². The highest BCUT2D eigenvalue weighted by Crippen LogP contribution is 2.29. The van der Waals surface area contributed by atoms with Gasteiger partial charge in [0.05, 0.1) is 7.11 Å². The maximum Gasteiger partial charge on any atom is 0.263 e. The molecule has 6 nitrogen and oxygen atoms in total. The Labute approximate surface area is 163 Å². The number of nitrogens with one attached hydrogen (secondary N) is 1. The minimum absolute atomic E-state index is 0.176. The number of amides is 1. The van der Waals surface area contributed by atoms with E-state index in [4.69, 9.17) is 9.47 Å². The number of carbonyl (C=O) groups excluding carboxylic acids is 1. The number of methoxy groups -OCH3 is 1. The van der Waals surface area contributed by atoms with Crippen molar-refractivity contribution >= 4 is 17.8 Å². The molecule has 0 atom stereocenters. The van der Waals surface area contributed by atoms with E-state index in [1.165, 1.54) is 6.20 Å². The fourth-order valence-electron chi connectivity index (χ4n) is 2.65. The summed E-state index contributed by atoms with van der Waals surface area (Å²) in [5.41, 5.74) is 2.46. The van der Waals surface area contributed by atoms with E-state index in [0.29, 0.717) is 23.0 Å². The van der Waals surface area contributed by atoms with Crippen LogP contribution in [-0.4, -0.2) is 29.6 Å². The minimum Gasteiger partial charge on any atom is -0.493 e. The van der Waals surface area contributed by atoms with Crippen LogP contribution in [0.2, 0.25) is 0 Å². The summed E-state index contributed by atoms with van der Waals surface area (Å²) < 4.78 is 11.0. The van der Waals surface area contributed by atoms with Crippen LogP contribution in [-0.2, 0) is 4.79 Å². The van der Waals surface area contributed by atoms with Gasteiger partial charge in [-0.1, -0.05) is 48.6 Å². The first-order valence-corrected chi connectivity index (χ1v) is 8.81. The molecule has 2 aromatic carbocycles. The zero-order valence-corrected chi connectivity index (χ0v) is 15.8. The van der Waals surface area contributed by atoms with Crippen LogP contribution in [0.5, 0.6) is 11.5 Å². The number of rotatable bonds is 7. The molecule has 0 aliphatic heterocycles. The van der Waals surface area contributed by atoms with Crippen molar-refractivity contribution in [1.29, 1.82) is 0 Å². The highest BCUT2D eigenvalue weighted by Gasteiger charge is 2.13. The van der Waals surface area contributed by atoms with Gasteiger partial charge in [-0.05, 0) is 24.6 Å². The quantitative estimate of drug-likeness (QED) is 0.670. The van der Waals surface area contributed by atoms with E-state index in [2.05, 4.69) is 15.3 Å². The van der Waals surface area contributed by atoms with Crippen LogP contribution in [0.3, 0.4) is 0 Å². The van der Waals surface area contributed by atoms with Crippen LogP contribution in [0.4, 0.5) is 5.82 Å². The molecule has 1 heterocycles. The van der Waals surface area contributed by atoms with E-state index in [-0.39, 0.29) is 12.5 Å². The van der Waals surface area contributed by atoms with Gasteiger partial charge in [-0.3, -0.25) is 9.78 Å². The van der Waals surface area contributed by atoms with E-state index < -0.39 is 0 Å². The number of anilines is 1. The smallest absolute Gasteiger partial charge is 0.263 e. The second kappa shape index (κ2) is 9.32. The first-order valence-electron chi connectivity index (χ1n) is 8.81. The van der Waals surface area contributed by atoms with Crippen molar-refractivity contribution in [2.75, 3.05) is 19.0 Å². The zero-order chi connectivity index (χ0) is 19.8. The number of aromatic nitrogens is 2. The van der Waals surface area contributed by atoms with Crippen LogP contribution in [0.25, 0.3) is 17.3 Å². The van der Waals surface area contributed by atoms with E-state index in [1.807, 2.05) is 61.5 Å². The number of hydrogen-bond donors (Lipinski definition) is 1. The maximum atomic E-state index is 12.4. The molecule has 0 saturated carbocycles. The molecule has 0 unspecified atom stereocenters. The lowest BCUT2D eigenvalue weighted by Crippen LogP contribution is -2.21. The summed E-state index contributed by atoms with van der Waals surface area (Å²) in [5.74, 6) is 1.11. The SMILES string of the molecule is CC=Cc1ccc(OCC(=O)Nc2nccnc2-c2ccccc2)c(OC)c1. The third kappa shape index (κ3) is 4.73. The summed E-state index contributed by atoms with van der Waals surface area (Å²) in [4.78, 5) is 20.9. The average Bonchev–Trinajstić information content (AvgIpc) is 2.74. The molecule has 6 heteroatoms. The highest BCUT2D eigenvalue weighted by atomic mass is 16.5. The Kier molecular flexibility index (Phi) is 6.36. The number of benzene rings is 2. The molecule has 0 radical (unpaired) electrons. The monoisotopic (exact) mass is 375 g/mol. The van der Waals surface area contributed by atoms with Crippen molar-refractivity contribution < 1.29 is 14.3 Å². The van der Waals surface area contributed by atoms with E-state index >= 15 is 0 Å². The fraction of sp³-hybridized carbons (Fsp3) is 0.136. The van der Waals surface area contributed by atoms with Crippen molar-refractivity contribution in [2.24, 2.45) is 0 Å². The molecule has 1 amide bonds. The molecule has 0 saturated heterocycles. The summed E-state index contributed by atoms with van der Waals surface area (Å²) in [7, 11) is 1.56. The predicted octanol–water partition coefficient (Wildman–Crippen LogP) is 4.20. The molecule has 0 aliphatic carbocycles. The zero-order valence-electron chi connectivity index (χ0n) is 15.8. The van der Waals surface area contributed by atoms with Gasteiger partial charge >= 0.3 is 0 Å². The summed E-state index contributed by atoms with van der Waals surface area (Å²) >= 11 is 0. The first-order chi connectivity index (χ1) is 13.7. The number of ether oxygens (including phenoxy) is 2. The van der Waals surface area contributed by atoms with Gasteiger partial charge in [0.1, 0.15) is 5.69 Å². The predicted molar refractivity (Wildman–Crippen MR) is 109 cm³/mol. The molecular weight excluding hydrogens is 354 g/mol. The van der Waals surface area contributed by atoms with Gasteiger partial charge in [0, 0.05) is 18.0 Å². The Morgan fingerprint density at radius 1 is 1.07 bits per heavy atom. The Balaban J connectivity index is 1.69. The Morgan fingerprint density at radius 2 is 1.86 bits per heavy atom. The summed E-state index contributed by atoms with van der Waals surface area (Å²) in [5, 5.41) is 2.76. The van der Waals surface area contributed by atoms with Crippen LogP contribution in [0, 0.1) is 0 Å². The van der Waals surface area contributed by atoms with Crippen molar-refractivity contribution in [2.45, 2.75) is 6.92 Å². The number of allylic oxidation sites excluding steroid dienone is 1. The number of nitrogens with zero attached hydrogens (tertiary/aromatic N) is 2. The maximum absolute atomic E-state index is 12.4. The second-order valence-electron chi connectivity index (χ2n) is 5.87. The Hall–Kier alpha value is -3.67. The van der Waals surface area contributed by atoms with Gasteiger partial charge in [0.15, 0.2) is 23.9 Å². The molecule has 142 valence electrons. The molecule has 3 rings (SSSR count). The molecule has 28 heavy (non-hydrogen) atoms. The molecule has 0 bridgehead atoms. The Morgan fingerprint density at radius 3 is 2.61 bits per heavy atom. The Bertz CT molecular complexity index is 972. The van der Waals surface area contributed by atoms with Crippen LogP contribution >= 0.6 is 0 Å². The topological polar surface area (TPSA) is 73.3 Å². The van der Waals surface area contributed by atoms with Gasteiger partial charge in [-0.15, -0.1) is 0 Å². The third-order valence-electron chi connectivity index (χ3n) is 3.91. The highest BCUT2D eigenvalue weighted by molar-refractivity contribution is 5.94. The third-order valence-corrected chi connectivity index (χ3v) is 3.91. The molecule has 0 fully saturated rings. The molecule has 1 aromatic heterocycles. The van der Waals surface area contributed by atoms with E-state index in [9.17, 15) is 4.79 Å². The summed E-state index contributed by atoms with van der Waals surface area (Å²) in [6, 6.07) is 15.1. The van der Waals surface area contributed by atoms with E-state index in [0.717, 1.165) is 11.1 Å². The minimum atomic E-state index is -0.336. The number of hydrogen-bond acceptors (Lipinski definition) is 5. The van der Waals surface area contributed by atoms with Crippen molar-refractivity contribution in [3.8, 4) is 22.8 Å². The van der Waals surface area contributed by atoms with Crippen LogP contribution in [0.1, 0.15) is 12.5 Å². The molecule has 3 aromatic rings. The summed E-state index contributed by atoms with van der Waals surface area (Å²) in [6.07, 6.45) is 7.02. The lowest BCUT2D eigenvalue weighted by atomic mass is 10.1. The molecule has 0 aliphatic rings. The second-order valence-corrected chi connectivity index (χ2v) is 5.87.